The first-order valence-corrected chi connectivity index (χ1v) is 6.09. The molecular weight excluding hydrogens is 228 g/mol. The number of anilines is 1. The quantitative estimate of drug-likeness (QED) is 0.834. The van der Waals surface area contributed by atoms with E-state index in [0.717, 1.165) is 36.1 Å². The highest BCUT2D eigenvalue weighted by Crippen LogP contribution is 2.32. The molecule has 2 N–H and O–H groups in total. The number of aromatic nitrogens is 2. The molecule has 0 bridgehead atoms. The van der Waals surface area contributed by atoms with Crippen LogP contribution in [-0.2, 0) is 0 Å². The molecule has 1 atom stereocenters. The number of nitriles is 1. The Kier molecular flexibility index (Phi) is 2.65. The molecule has 0 aliphatic carbocycles. The highest BCUT2D eigenvalue weighted by atomic mass is 16.3. The predicted octanol–water partition coefficient (Wildman–Crippen LogP) is 1.40. The molecule has 0 aromatic carbocycles. The predicted molar refractivity (Wildman–Crippen MR) is 68.3 cm³/mol. The van der Waals surface area contributed by atoms with E-state index in [-0.39, 0.29) is 12.6 Å². The number of aromatic amines is 1. The summed E-state index contributed by atoms with van der Waals surface area (Å²) in [4.78, 5) is 9.43. The fourth-order valence-electron chi connectivity index (χ4n) is 2.71. The van der Waals surface area contributed by atoms with Crippen molar-refractivity contribution in [2.45, 2.75) is 18.9 Å². The van der Waals surface area contributed by atoms with Crippen molar-refractivity contribution >= 4 is 16.7 Å². The summed E-state index contributed by atoms with van der Waals surface area (Å²) in [6.07, 6.45) is 5.49. The van der Waals surface area contributed by atoms with Gasteiger partial charge >= 0.3 is 0 Å². The molecule has 2 aromatic rings. The van der Waals surface area contributed by atoms with Crippen molar-refractivity contribution < 1.29 is 5.11 Å². The average molecular weight is 242 g/mol. The molecule has 92 valence electrons. The van der Waals surface area contributed by atoms with Crippen LogP contribution in [0.5, 0.6) is 0 Å². The minimum atomic E-state index is 0.149. The van der Waals surface area contributed by atoms with Gasteiger partial charge in [-0.1, -0.05) is 0 Å². The third kappa shape index (κ3) is 1.54. The van der Waals surface area contributed by atoms with Gasteiger partial charge in [0, 0.05) is 18.9 Å². The van der Waals surface area contributed by atoms with Gasteiger partial charge in [-0.05, 0) is 18.9 Å². The number of aliphatic hydroxyl groups is 1. The Bertz CT molecular complexity index is 613. The number of fused-ring (bicyclic) bond motifs is 1. The summed E-state index contributed by atoms with van der Waals surface area (Å²) < 4.78 is 0. The van der Waals surface area contributed by atoms with Crippen molar-refractivity contribution in [3.63, 3.8) is 0 Å². The maximum Gasteiger partial charge on any atom is 0.140 e. The van der Waals surface area contributed by atoms with Crippen LogP contribution >= 0.6 is 0 Å². The fourth-order valence-corrected chi connectivity index (χ4v) is 2.71. The van der Waals surface area contributed by atoms with Crippen molar-refractivity contribution in [3.8, 4) is 6.07 Å². The second kappa shape index (κ2) is 4.31. The highest BCUT2D eigenvalue weighted by Gasteiger charge is 2.26. The number of rotatable bonds is 2. The maximum atomic E-state index is 9.42. The molecule has 5 heteroatoms. The van der Waals surface area contributed by atoms with E-state index in [0.29, 0.717) is 5.56 Å². The number of hydrogen-bond donors (Lipinski definition) is 2. The van der Waals surface area contributed by atoms with Gasteiger partial charge in [0.05, 0.1) is 29.3 Å². The molecule has 1 aliphatic rings. The Balaban J connectivity index is 2.17. The van der Waals surface area contributed by atoms with Gasteiger partial charge in [-0.25, -0.2) is 4.98 Å². The fraction of sp³-hybridized carbons (Fsp3) is 0.385. The largest absolute Gasteiger partial charge is 0.394 e. The molecule has 1 saturated heterocycles. The molecule has 0 unspecified atom stereocenters. The highest BCUT2D eigenvalue weighted by molar-refractivity contribution is 5.95. The third-order valence-corrected chi connectivity index (χ3v) is 3.57. The van der Waals surface area contributed by atoms with Crippen LogP contribution in [0.4, 0.5) is 5.69 Å². The van der Waals surface area contributed by atoms with E-state index in [1.165, 1.54) is 0 Å². The Labute approximate surface area is 105 Å². The Hall–Kier alpha value is -2.06. The van der Waals surface area contributed by atoms with E-state index in [9.17, 15) is 5.11 Å². The second-order valence-corrected chi connectivity index (χ2v) is 4.54. The van der Waals surface area contributed by atoms with Crippen molar-refractivity contribution in [3.05, 3.63) is 24.0 Å². The van der Waals surface area contributed by atoms with Gasteiger partial charge in [0.1, 0.15) is 11.7 Å². The van der Waals surface area contributed by atoms with Crippen LogP contribution in [0.15, 0.2) is 18.5 Å². The van der Waals surface area contributed by atoms with E-state index in [1.807, 2.05) is 6.07 Å². The first-order valence-electron chi connectivity index (χ1n) is 6.09. The van der Waals surface area contributed by atoms with Gasteiger partial charge in [-0.3, -0.25) is 0 Å². The molecule has 0 saturated carbocycles. The minimum Gasteiger partial charge on any atom is -0.394 e. The van der Waals surface area contributed by atoms with Crippen molar-refractivity contribution in [1.29, 1.82) is 5.26 Å². The van der Waals surface area contributed by atoms with E-state index in [4.69, 9.17) is 5.26 Å². The Morgan fingerprint density at radius 3 is 3.28 bits per heavy atom. The van der Waals surface area contributed by atoms with Gasteiger partial charge in [0.15, 0.2) is 0 Å². The van der Waals surface area contributed by atoms with Crippen LogP contribution in [0.1, 0.15) is 18.4 Å². The molecule has 0 radical (unpaired) electrons. The summed E-state index contributed by atoms with van der Waals surface area (Å²) in [5.74, 6) is 0. The molecule has 0 amide bonds. The molecule has 3 heterocycles. The summed E-state index contributed by atoms with van der Waals surface area (Å²) in [6, 6.07) is 4.26. The number of nitrogens with one attached hydrogen (secondary N) is 1. The van der Waals surface area contributed by atoms with Gasteiger partial charge in [-0.15, -0.1) is 0 Å². The summed E-state index contributed by atoms with van der Waals surface area (Å²) in [5.41, 5.74) is 2.33. The number of nitrogens with zero attached hydrogens (tertiary/aromatic N) is 3. The number of hydrogen-bond acceptors (Lipinski definition) is 4. The number of aliphatic hydroxyl groups excluding tert-OH is 1. The molecule has 18 heavy (non-hydrogen) atoms. The summed E-state index contributed by atoms with van der Waals surface area (Å²) in [6.45, 7) is 1.07. The van der Waals surface area contributed by atoms with E-state index in [2.05, 4.69) is 20.9 Å². The SMILES string of the molecule is N#Cc1c[nH]c2nccc(N3CCC[C@H]3CO)c12. The normalized spacial score (nSPS) is 19.3. The van der Waals surface area contributed by atoms with Gasteiger partial charge in [0.25, 0.3) is 0 Å². The Morgan fingerprint density at radius 1 is 1.61 bits per heavy atom. The minimum absolute atomic E-state index is 0.149. The van der Waals surface area contributed by atoms with Crippen molar-refractivity contribution in [2.75, 3.05) is 18.1 Å². The topological polar surface area (TPSA) is 75.9 Å². The first-order chi connectivity index (χ1) is 8.85. The van der Waals surface area contributed by atoms with Gasteiger partial charge < -0.3 is 15.0 Å². The second-order valence-electron chi connectivity index (χ2n) is 4.54. The lowest BCUT2D eigenvalue weighted by Gasteiger charge is -2.25. The van der Waals surface area contributed by atoms with E-state index in [1.54, 1.807) is 12.4 Å². The van der Waals surface area contributed by atoms with E-state index >= 15 is 0 Å². The molecular formula is C13H14N4O. The maximum absolute atomic E-state index is 9.42. The zero-order chi connectivity index (χ0) is 12.5. The van der Waals surface area contributed by atoms with Crippen molar-refractivity contribution in [2.24, 2.45) is 0 Å². The molecule has 2 aromatic heterocycles. The smallest absolute Gasteiger partial charge is 0.140 e. The lowest BCUT2D eigenvalue weighted by atomic mass is 10.1. The van der Waals surface area contributed by atoms with Crippen LogP contribution in [-0.4, -0.2) is 34.3 Å². The van der Waals surface area contributed by atoms with Crippen LogP contribution in [0.3, 0.4) is 0 Å². The van der Waals surface area contributed by atoms with Crippen LogP contribution < -0.4 is 4.90 Å². The number of pyridine rings is 1. The molecule has 3 rings (SSSR count). The molecule has 1 fully saturated rings. The Morgan fingerprint density at radius 2 is 2.50 bits per heavy atom. The van der Waals surface area contributed by atoms with Crippen molar-refractivity contribution in [1.82, 2.24) is 9.97 Å². The van der Waals surface area contributed by atoms with Gasteiger partial charge in [-0.2, -0.15) is 5.26 Å². The lowest BCUT2D eigenvalue weighted by molar-refractivity contribution is 0.266. The third-order valence-electron chi connectivity index (χ3n) is 3.57. The zero-order valence-corrected chi connectivity index (χ0v) is 9.93. The van der Waals surface area contributed by atoms with E-state index < -0.39 is 0 Å². The van der Waals surface area contributed by atoms with Crippen LogP contribution in [0.25, 0.3) is 11.0 Å². The summed E-state index contributed by atoms with van der Waals surface area (Å²) in [5, 5.41) is 19.4. The number of H-pyrrole nitrogens is 1. The standard InChI is InChI=1S/C13H14N4O/c14-6-9-7-16-13-12(9)11(3-4-15-13)17-5-1-2-10(17)8-18/h3-4,7,10,18H,1-2,5,8H2,(H,15,16)/t10-/m0/s1. The summed E-state index contributed by atoms with van der Waals surface area (Å²) >= 11 is 0. The van der Waals surface area contributed by atoms with Gasteiger partial charge in [0.2, 0.25) is 0 Å². The van der Waals surface area contributed by atoms with Crippen LogP contribution in [0.2, 0.25) is 0 Å². The molecule has 0 spiro atoms. The molecule has 1 aliphatic heterocycles. The monoisotopic (exact) mass is 242 g/mol. The zero-order valence-electron chi connectivity index (χ0n) is 9.93. The first kappa shape index (κ1) is 11.1. The van der Waals surface area contributed by atoms with Crippen LogP contribution in [0, 0.1) is 11.3 Å². The lowest BCUT2D eigenvalue weighted by Crippen LogP contribution is -2.32. The summed E-state index contributed by atoms with van der Waals surface area (Å²) in [7, 11) is 0. The average Bonchev–Trinajstić information content (AvgIpc) is 3.04. The molecule has 5 nitrogen and oxygen atoms in total.